The van der Waals surface area contributed by atoms with E-state index >= 15 is 0 Å². The zero-order valence-electron chi connectivity index (χ0n) is 15.3. The van der Waals surface area contributed by atoms with Crippen molar-refractivity contribution in [1.82, 2.24) is 0 Å². The third kappa shape index (κ3) is 5.23. The minimum Gasteiger partial charge on any atom is -0.492 e. The van der Waals surface area contributed by atoms with E-state index in [9.17, 15) is 13.2 Å². The van der Waals surface area contributed by atoms with Crippen LogP contribution in [0.2, 0.25) is 0 Å². The number of hydrogen-bond acceptors (Lipinski definition) is 4. The molecule has 144 valence electrons. The molecule has 7 heteroatoms. The molecular weight excluding hydrogens is 364 g/mol. The smallest absolute Gasteiger partial charge is 0.236 e. The molecule has 1 heterocycles. The van der Waals surface area contributed by atoms with Crippen LogP contribution in [0.25, 0.3) is 0 Å². The van der Waals surface area contributed by atoms with Gasteiger partial charge in [-0.2, -0.15) is 0 Å². The van der Waals surface area contributed by atoms with Crippen LogP contribution >= 0.6 is 0 Å². The third-order valence-electron chi connectivity index (χ3n) is 4.46. The van der Waals surface area contributed by atoms with Gasteiger partial charge in [-0.3, -0.25) is 9.52 Å². The number of nitrogens with zero attached hydrogens (tertiary/aromatic N) is 1. The van der Waals surface area contributed by atoms with Crippen LogP contribution in [0.3, 0.4) is 0 Å². The minimum absolute atomic E-state index is 0.0582. The van der Waals surface area contributed by atoms with Crippen molar-refractivity contribution in [3.8, 4) is 5.75 Å². The Kier molecular flexibility index (Phi) is 6.01. The van der Waals surface area contributed by atoms with Gasteiger partial charge >= 0.3 is 0 Å². The van der Waals surface area contributed by atoms with Crippen molar-refractivity contribution in [2.45, 2.75) is 26.2 Å². The first-order valence-corrected chi connectivity index (χ1v) is 10.7. The summed E-state index contributed by atoms with van der Waals surface area (Å²) in [6, 6.07) is 14.4. The molecule has 0 bridgehead atoms. The van der Waals surface area contributed by atoms with Crippen LogP contribution in [-0.2, 0) is 14.8 Å². The summed E-state index contributed by atoms with van der Waals surface area (Å²) in [6.45, 7) is 2.65. The Bertz CT molecular complexity index is 897. The largest absolute Gasteiger partial charge is 0.492 e. The molecule has 0 atom stereocenters. The lowest BCUT2D eigenvalue weighted by Gasteiger charge is -2.28. The van der Waals surface area contributed by atoms with Crippen LogP contribution in [-0.4, -0.2) is 33.2 Å². The van der Waals surface area contributed by atoms with Gasteiger partial charge in [0.1, 0.15) is 18.1 Å². The highest BCUT2D eigenvalue weighted by molar-refractivity contribution is 7.92. The predicted octanol–water partition coefficient (Wildman–Crippen LogP) is 3.33. The van der Waals surface area contributed by atoms with Crippen molar-refractivity contribution < 1.29 is 17.9 Å². The summed E-state index contributed by atoms with van der Waals surface area (Å²) in [5.41, 5.74) is 2.16. The van der Waals surface area contributed by atoms with Gasteiger partial charge < -0.3 is 9.64 Å². The van der Waals surface area contributed by atoms with Gasteiger partial charge in [0.25, 0.3) is 0 Å². The molecule has 0 spiro atoms. The SMILES string of the molecule is Cc1ccc(NS(=O)(=O)CCOc2ccccc2)cc1N1CCCCC1=O. The molecule has 6 nitrogen and oxygen atoms in total. The number of anilines is 2. The normalized spacial score (nSPS) is 14.9. The summed E-state index contributed by atoms with van der Waals surface area (Å²) in [5, 5.41) is 0. The van der Waals surface area contributed by atoms with Crippen molar-refractivity contribution in [1.29, 1.82) is 0 Å². The molecule has 0 radical (unpaired) electrons. The average Bonchev–Trinajstić information content (AvgIpc) is 2.64. The van der Waals surface area contributed by atoms with Gasteiger partial charge in [0.05, 0.1) is 5.69 Å². The maximum absolute atomic E-state index is 12.4. The highest BCUT2D eigenvalue weighted by Crippen LogP contribution is 2.28. The van der Waals surface area contributed by atoms with Crippen LogP contribution in [0.5, 0.6) is 5.75 Å². The topological polar surface area (TPSA) is 75.7 Å². The van der Waals surface area contributed by atoms with Gasteiger partial charge in [0, 0.05) is 18.7 Å². The number of rotatable bonds is 7. The van der Waals surface area contributed by atoms with Crippen LogP contribution in [0.4, 0.5) is 11.4 Å². The second-order valence-corrected chi connectivity index (χ2v) is 8.43. The third-order valence-corrected chi connectivity index (χ3v) is 5.71. The van der Waals surface area contributed by atoms with E-state index in [-0.39, 0.29) is 18.3 Å². The number of piperidine rings is 1. The maximum atomic E-state index is 12.4. The highest BCUT2D eigenvalue weighted by Gasteiger charge is 2.22. The lowest BCUT2D eigenvalue weighted by molar-refractivity contribution is -0.119. The first-order chi connectivity index (χ1) is 12.9. The summed E-state index contributed by atoms with van der Waals surface area (Å²) >= 11 is 0. The number of ether oxygens (including phenoxy) is 1. The molecule has 2 aromatic carbocycles. The van der Waals surface area contributed by atoms with Crippen molar-refractivity contribution in [2.24, 2.45) is 0 Å². The molecule has 3 rings (SSSR count). The zero-order chi connectivity index (χ0) is 19.3. The Hall–Kier alpha value is -2.54. The first-order valence-electron chi connectivity index (χ1n) is 9.04. The fourth-order valence-corrected chi connectivity index (χ4v) is 3.93. The van der Waals surface area contributed by atoms with Gasteiger partial charge in [0.2, 0.25) is 15.9 Å². The van der Waals surface area contributed by atoms with Crippen LogP contribution < -0.4 is 14.4 Å². The van der Waals surface area contributed by atoms with Gasteiger partial charge in [0.15, 0.2) is 0 Å². The van der Waals surface area contributed by atoms with Crippen LogP contribution in [0.15, 0.2) is 48.5 Å². The Labute approximate surface area is 160 Å². The van der Waals surface area contributed by atoms with E-state index in [4.69, 9.17) is 4.74 Å². The molecule has 0 aromatic heterocycles. The van der Waals surface area contributed by atoms with E-state index in [0.29, 0.717) is 24.4 Å². The fourth-order valence-electron chi connectivity index (χ4n) is 3.04. The quantitative estimate of drug-likeness (QED) is 0.789. The van der Waals surface area contributed by atoms with Crippen molar-refractivity contribution in [2.75, 3.05) is 28.5 Å². The summed E-state index contributed by atoms with van der Waals surface area (Å²) in [6.07, 6.45) is 2.40. The molecule has 0 saturated carbocycles. The van der Waals surface area contributed by atoms with E-state index in [1.54, 1.807) is 29.2 Å². The molecule has 2 aromatic rings. The van der Waals surface area contributed by atoms with E-state index in [2.05, 4.69) is 4.72 Å². The lowest BCUT2D eigenvalue weighted by atomic mass is 10.1. The van der Waals surface area contributed by atoms with Crippen molar-refractivity contribution in [3.63, 3.8) is 0 Å². The number of sulfonamides is 1. The first kappa shape index (κ1) is 19.2. The molecule has 0 unspecified atom stereocenters. The number of hydrogen-bond donors (Lipinski definition) is 1. The molecule has 1 aliphatic heterocycles. The van der Waals surface area contributed by atoms with E-state index in [1.165, 1.54) is 0 Å². The number of para-hydroxylation sites is 1. The summed E-state index contributed by atoms with van der Waals surface area (Å²) < 4.78 is 32.8. The Morgan fingerprint density at radius 2 is 1.89 bits per heavy atom. The summed E-state index contributed by atoms with van der Waals surface area (Å²) in [7, 11) is -3.56. The second kappa shape index (κ2) is 8.43. The molecule has 1 amide bonds. The average molecular weight is 388 g/mol. The number of carbonyl (C=O) groups excluding carboxylic acids is 1. The lowest BCUT2D eigenvalue weighted by Crippen LogP contribution is -2.35. The number of nitrogens with one attached hydrogen (secondary N) is 1. The number of benzene rings is 2. The van der Waals surface area contributed by atoms with E-state index in [0.717, 1.165) is 24.1 Å². The zero-order valence-corrected chi connectivity index (χ0v) is 16.2. The standard InChI is InChI=1S/C20H24N2O4S/c1-16-10-11-17(15-19(16)22-12-6-5-9-20(22)23)21-27(24,25)14-13-26-18-7-3-2-4-8-18/h2-4,7-8,10-11,15,21H,5-6,9,12-14H2,1H3. The molecule has 1 aliphatic rings. The van der Waals surface area contributed by atoms with Gasteiger partial charge in [-0.25, -0.2) is 8.42 Å². The number of aryl methyl sites for hydroxylation is 1. The van der Waals surface area contributed by atoms with E-state index in [1.807, 2.05) is 31.2 Å². The van der Waals surface area contributed by atoms with Crippen LogP contribution in [0.1, 0.15) is 24.8 Å². The Balaban J connectivity index is 1.65. The number of carbonyl (C=O) groups is 1. The Morgan fingerprint density at radius 3 is 2.63 bits per heavy atom. The molecule has 1 saturated heterocycles. The van der Waals surface area contributed by atoms with Crippen molar-refractivity contribution in [3.05, 3.63) is 54.1 Å². The Morgan fingerprint density at radius 1 is 1.11 bits per heavy atom. The van der Waals surface area contributed by atoms with Gasteiger partial charge in [-0.05, 0) is 49.6 Å². The molecule has 0 aliphatic carbocycles. The number of amides is 1. The molecule has 27 heavy (non-hydrogen) atoms. The minimum atomic E-state index is -3.56. The molecule has 1 fully saturated rings. The predicted molar refractivity (Wildman–Crippen MR) is 107 cm³/mol. The molecular formula is C20H24N2O4S. The summed E-state index contributed by atoms with van der Waals surface area (Å²) in [4.78, 5) is 13.9. The summed E-state index contributed by atoms with van der Waals surface area (Å²) in [5.74, 6) is 0.558. The highest BCUT2D eigenvalue weighted by atomic mass is 32.2. The van der Waals surface area contributed by atoms with Gasteiger partial charge in [-0.1, -0.05) is 24.3 Å². The molecule has 1 N–H and O–H groups in total. The van der Waals surface area contributed by atoms with Crippen molar-refractivity contribution >= 4 is 27.3 Å². The second-order valence-electron chi connectivity index (χ2n) is 6.59. The fraction of sp³-hybridized carbons (Fsp3) is 0.350. The van der Waals surface area contributed by atoms with Crippen LogP contribution in [0, 0.1) is 6.92 Å². The van der Waals surface area contributed by atoms with E-state index < -0.39 is 10.0 Å². The monoisotopic (exact) mass is 388 g/mol. The maximum Gasteiger partial charge on any atom is 0.236 e. The van der Waals surface area contributed by atoms with Gasteiger partial charge in [-0.15, -0.1) is 0 Å².